The van der Waals surface area contributed by atoms with E-state index in [4.69, 9.17) is 14.2 Å². The summed E-state index contributed by atoms with van der Waals surface area (Å²) in [5.74, 6) is -0.798. The molecule has 1 saturated heterocycles. The van der Waals surface area contributed by atoms with Gasteiger partial charge in [0.25, 0.3) is 11.5 Å². The summed E-state index contributed by atoms with van der Waals surface area (Å²) in [6, 6.07) is 21.1. The van der Waals surface area contributed by atoms with Crippen LogP contribution in [0.1, 0.15) is 16.9 Å². The second-order valence-corrected chi connectivity index (χ2v) is 12.4. The van der Waals surface area contributed by atoms with E-state index in [0.717, 1.165) is 45.2 Å². The van der Waals surface area contributed by atoms with Crippen molar-refractivity contribution in [3.05, 3.63) is 119 Å². The lowest BCUT2D eigenvalue weighted by Crippen LogP contribution is -2.44. The number of carbonyl (C=O) groups is 1. The zero-order valence-electron chi connectivity index (χ0n) is 28.6. The van der Waals surface area contributed by atoms with Gasteiger partial charge >= 0.3 is 0 Å². The van der Waals surface area contributed by atoms with Crippen LogP contribution in [0.15, 0.2) is 95.9 Å². The minimum Gasteiger partial charge on any atom is -0.493 e. The van der Waals surface area contributed by atoms with Crippen LogP contribution in [0.25, 0.3) is 27.6 Å². The monoisotopic (exact) mass is 706 g/mol. The van der Waals surface area contributed by atoms with Crippen LogP contribution < -0.4 is 25.1 Å². The van der Waals surface area contributed by atoms with Crippen molar-refractivity contribution in [3.8, 4) is 28.7 Å². The fourth-order valence-corrected chi connectivity index (χ4v) is 6.13. The molecule has 0 saturated carbocycles. The molecule has 0 bridgehead atoms. The zero-order chi connectivity index (χ0) is 36.2. The Bertz CT molecular complexity index is 2310. The van der Waals surface area contributed by atoms with E-state index in [-0.39, 0.29) is 11.4 Å². The predicted molar refractivity (Wildman–Crippen MR) is 194 cm³/mol. The van der Waals surface area contributed by atoms with Gasteiger partial charge in [-0.15, -0.1) is 0 Å². The molecule has 3 heterocycles. The summed E-state index contributed by atoms with van der Waals surface area (Å²) in [4.78, 5) is 40.4. The van der Waals surface area contributed by atoms with E-state index < -0.39 is 28.8 Å². The smallest absolute Gasteiger partial charge is 0.287 e. The van der Waals surface area contributed by atoms with Gasteiger partial charge in [0, 0.05) is 67.8 Å². The number of carbonyl (C=O) groups excluding carboxylic acids is 1. The molecule has 0 radical (unpaired) electrons. The van der Waals surface area contributed by atoms with E-state index in [1.807, 2.05) is 0 Å². The number of nitrogens with one attached hydrogen (secondary N) is 1. The Morgan fingerprint density at radius 3 is 2.42 bits per heavy atom. The third kappa shape index (κ3) is 7.41. The summed E-state index contributed by atoms with van der Waals surface area (Å²) >= 11 is 0. The summed E-state index contributed by atoms with van der Waals surface area (Å²) in [5, 5.41) is 3.14. The summed E-state index contributed by atoms with van der Waals surface area (Å²) in [6.07, 6.45) is 2.42. The molecular weight excluding hydrogens is 670 g/mol. The first-order valence-corrected chi connectivity index (χ1v) is 16.8. The van der Waals surface area contributed by atoms with Crippen LogP contribution >= 0.6 is 0 Å². The lowest BCUT2D eigenvalue weighted by Gasteiger charge is -2.32. The molecule has 4 aromatic carbocycles. The normalized spacial score (nSPS) is 13.7. The van der Waals surface area contributed by atoms with Gasteiger partial charge in [0.05, 0.1) is 30.3 Å². The van der Waals surface area contributed by atoms with Crippen molar-refractivity contribution >= 4 is 33.5 Å². The number of piperazine rings is 1. The molecule has 7 rings (SSSR count). The number of aromatic nitrogens is 3. The molecule has 1 amide bonds. The number of likely N-dealkylation sites (N-methyl/N-ethyl adjacent to an activating group) is 1. The number of ether oxygens (including phenoxy) is 3. The van der Waals surface area contributed by atoms with Crippen LogP contribution in [0.4, 0.5) is 14.5 Å². The minimum atomic E-state index is -0.843. The van der Waals surface area contributed by atoms with E-state index in [1.54, 1.807) is 55.8 Å². The summed E-state index contributed by atoms with van der Waals surface area (Å²) in [5.41, 5.74) is 0.673. The predicted octanol–water partition coefficient (Wildman–Crippen LogP) is 6.28. The molecule has 0 atom stereocenters. The SMILES string of the molecule is COc1cc2c(Oc3ccc(NC(=O)c4nc5ccccc5n(-c5ccc(F)cc5)c4=O)cc3F)ccnc2cc1OCCCN1CCN(C)CC1. The lowest BCUT2D eigenvalue weighted by atomic mass is 10.1. The first-order chi connectivity index (χ1) is 25.3. The molecule has 11 nitrogen and oxygen atoms in total. The molecular formula is C39H36F2N6O5. The third-order valence-electron chi connectivity index (χ3n) is 8.93. The highest BCUT2D eigenvalue weighted by atomic mass is 19.1. The zero-order valence-corrected chi connectivity index (χ0v) is 28.6. The molecule has 0 spiro atoms. The quantitative estimate of drug-likeness (QED) is 0.156. The molecule has 1 aliphatic heterocycles. The van der Waals surface area contributed by atoms with Crippen LogP contribution in [0.3, 0.4) is 0 Å². The van der Waals surface area contributed by atoms with Gasteiger partial charge in [-0.3, -0.25) is 19.1 Å². The largest absolute Gasteiger partial charge is 0.493 e. The van der Waals surface area contributed by atoms with Gasteiger partial charge < -0.3 is 29.3 Å². The maximum atomic E-state index is 15.5. The number of nitrogens with zero attached hydrogens (tertiary/aromatic N) is 5. The van der Waals surface area contributed by atoms with Gasteiger partial charge in [-0.1, -0.05) is 12.1 Å². The van der Waals surface area contributed by atoms with E-state index in [9.17, 15) is 14.0 Å². The number of pyridine rings is 1. The lowest BCUT2D eigenvalue weighted by molar-refractivity contribution is 0.102. The summed E-state index contributed by atoms with van der Waals surface area (Å²) in [6.45, 7) is 5.69. The number of hydrogen-bond donors (Lipinski definition) is 1. The van der Waals surface area contributed by atoms with Gasteiger partial charge in [0.1, 0.15) is 11.6 Å². The van der Waals surface area contributed by atoms with E-state index in [0.29, 0.717) is 51.5 Å². The second kappa shape index (κ2) is 15.1. The number of benzene rings is 4. The molecule has 0 aliphatic carbocycles. The fraction of sp³-hybridized carbons (Fsp3) is 0.231. The van der Waals surface area contributed by atoms with Crippen molar-refractivity contribution in [2.45, 2.75) is 6.42 Å². The van der Waals surface area contributed by atoms with E-state index in [2.05, 4.69) is 32.1 Å². The second-order valence-electron chi connectivity index (χ2n) is 12.4. The number of fused-ring (bicyclic) bond motifs is 2. The average molecular weight is 707 g/mol. The minimum absolute atomic E-state index is 0.0770. The molecule has 52 heavy (non-hydrogen) atoms. The van der Waals surface area contributed by atoms with Gasteiger partial charge in [0.15, 0.2) is 28.8 Å². The number of para-hydroxylation sites is 2. The maximum absolute atomic E-state index is 15.5. The van der Waals surface area contributed by atoms with Crippen LogP contribution in [-0.4, -0.2) is 83.7 Å². The highest BCUT2D eigenvalue weighted by Gasteiger charge is 2.20. The van der Waals surface area contributed by atoms with Crippen molar-refractivity contribution < 1.29 is 27.8 Å². The van der Waals surface area contributed by atoms with Crippen LogP contribution in [0.5, 0.6) is 23.0 Å². The maximum Gasteiger partial charge on any atom is 0.287 e. The number of rotatable bonds is 11. The number of amides is 1. The molecule has 2 aromatic heterocycles. The Hall–Kier alpha value is -5.92. The van der Waals surface area contributed by atoms with Crippen molar-refractivity contribution in [1.29, 1.82) is 0 Å². The molecule has 1 N–H and O–H groups in total. The Morgan fingerprint density at radius 1 is 0.865 bits per heavy atom. The van der Waals surface area contributed by atoms with E-state index in [1.165, 1.54) is 41.0 Å². The third-order valence-corrected chi connectivity index (χ3v) is 8.93. The Morgan fingerprint density at radius 2 is 1.65 bits per heavy atom. The Balaban J connectivity index is 1.07. The Kier molecular flexibility index (Phi) is 10.0. The van der Waals surface area contributed by atoms with Gasteiger partial charge in [0.2, 0.25) is 0 Å². The number of halogens is 2. The molecule has 1 aliphatic rings. The average Bonchev–Trinajstić information content (AvgIpc) is 3.15. The molecule has 13 heteroatoms. The summed E-state index contributed by atoms with van der Waals surface area (Å²) < 4.78 is 48.1. The van der Waals surface area contributed by atoms with Crippen LogP contribution in [0, 0.1) is 11.6 Å². The highest BCUT2D eigenvalue weighted by molar-refractivity contribution is 6.03. The fourth-order valence-electron chi connectivity index (χ4n) is 6.13. The van der Waals surface area contributed by atoms with E-state index >= 15 is 4.39 Å². The van der Waals surface area contributed by atoms with Gasteiger partial charge in [-0.05, 0) is 74.1 Å². The Labute approximate surface area is 298 Å². The standard InChI is InChI=1S/C39H36F2N6O5/c1-45-17-19-46(20-18-45)16-5-21-51-36-24-31-28(23-35(36)50-2)33(14-15-42-31)52-34-13-10-26(22-29(34)41)43-38(48)37-39(49)47(27-11-8-25(40)9-12-27)32-7-4-3-6-30(32)44-37/h3-4,6-15,22-24H,5,16-21H2,1-2H3,(H,43,48). The van der Waals surface area contributed by atoms with Crippen LogP contribution in [0.2, 0.25) is 0 Å². The van der Waals surface area contributed by atoms with Crippen molar-refractivity contribution in [2.24, 2.45) is 0 Å². The molecule has 266 valence electrons. The van der Waals surface area contributed by atoms with Crippen molar-refractivity contribution in [1.82, 2.24) is 24.3 Å². The van der Waals surface area contributed by atoms with Crippen molar-refractivity contribution in [2.75, 3.05) is 58.8 Å². The number of anilines is 1. The van der Waals surface area contributed by atoms with Gasteiger partial charge in [-0.2, -0.15) is 0 Å². The molecule has 6 aromatic rings. The highest BCUT2D eigenvalue weighted by Crippen LogP contribution is 2.38. The number of methoxy groups -OCH3 is 1. The van der Waals surface area contributed by atoms with Gasteiger partial charge in [-0.25, -0.2) is 13.8 Å². The van der Waals surface area contributed by atoms with Crippen molar-refractivity contribution in [3.63, 3.8) is 0 Å². The molecule has 0 unspecified atom stereocenters. The first-order valence-electron chi connectivity index (χ1n) is 16.8. The number of hydrogen-bond acceptors (Lipinski definition) is 9. The topological polar surface area (TPSA) is 111 Å². The first kappa shape index (κ1) is 34.5. The molecule has 1 fully saturated rings. The van der Waals surface area contributed by atoms with Crippen LogP contribution in [-0.2, 0) is 0 Å². The summed E-state index contributed by atoms with van der Waals surface area (Å²) in [7, 11) is 3.68.